The van der Waals surface area contributed by atoms with Crippen LogP contribution < -0.4 is 5.32 Å². The number of rotatable bonds is 4. The zero-order valence-electron chi connectivity index (χ0n) is 10.0. The van der Waals surface area contributed by atoms with Gasteiger partial charge in [0, 0.05) is 12.2 Å². The molecule has 0 aliphatic heterocycles. The van der Waals surface area contributed by atoms with Crippen molar-refractivity contribution in [2.75, 3.05) is 11.9 Å². The molecule has 1 heteroatoms. The van der Waals surface area contributed by atoms with Gasteiger partial charge in [-0.05, 0) is 35.8 Å². The Hall–Kier alpha value is -0.980. The Morgan fingerprint density at radius 3 is 2.53 bits per heavy atom. The van der Waals surface area contributed by atoms with E-state index in [1.807, 2.05) is 0 Å². The van der Waals surface area contributed by atoms with Crippen LogP contribution in [0.4, 0.5) is 5.69 Å². The van der Waals surface area contributed by atoms with E-state index in [-0.39, 0.29) is 0 Å². The lowest BCUT2D eigenvalue weighted by molar-refractivity contribution is 0.610. The van der Waals surface area contributed by atoms with E-state index in [4.69, 9.17) is 0 Å². The van der Waals surface area contributed by atoms with E-state index in [1.165, 1.54) is 24.1 Å². The van der Waals surface area contributed by atoms with Gasteiger partial charge in [-0.2, -0.15) is 0 Å². The standard InChI is InChI=1S/C14H21N/c1-11(2)12-6-4-5-7-13(12)15-10-14(3)8-9-14/h4-7,11,15H,8-10H2,1-3H3. The van der Waals surface area contributed by atoms with E-state index in [1.54, 1.807) is 0 Å². The molecule has 0 radical (unpaired) electrons. The Balaban J connectivity index is 2.06. The third kappa shape index (κ3) is 2.53. The second-order valence-corrected chi connectivity index (χ2v) is 5.41. The maximum Gasteiger partial charge on any atom is 0.0375 e. The van der Waals surface area contributed by atoms with Gasteiger partial charge in [0.1, 0.15) is 0 Å². The van der Waals surface area contributed by atoms with E-state index in [0.29, 0.717) is 11.3 Å². The molecule has 1 saturated carbocycles. The Bertz CT molecular complexity index is 337. The molecule has 1 aromatic carbocycles. The summed E-state index contributed by atoms with van der Waals surface area (Å²) < 4.78 is 0. The first-order chi connectivity index (χ1) is 7.11. The molecule has 82 valence electrons. The van der Waals surface area contributed by atoms with Crippen molar-refractivity contribution in [3.8, 4) is 0 Å². The van der Waals surface area contributed by atoms with Crippen LogP contribution in [-0.4, -0.2) is 6.54 Å². The SMILES string of the molecule is CC(C)c1ccccc1NCC1(C)CC1. The summed E-state index contributed by atoms with van der Waals surface area (Å²) >= 11 is 0. The van der Waals surface area contributed by atoms with Gasteiger partial charge in [0.05, 0.1) is 0 Å². The lowest BCUT2D eigenvalue weighted by Crippen LogP contribution is -2.13. The normalized spacial score (nSPS) is 17.9. The average molecular weight is 203 g/mol. The summed E-state index contributed by atoms with van der Waals surface area (Å²) in [6.45, 7) is 7.98. The largest absolute Gasteiger partial charge is 0.384 e. The van der Waals surface area contributed by atoms with Gasteiger partial charge in [-0.1, -0.05) is 39.0 Å². The van der Waals surface area contributed by atoms with E-state index < -0.39 is 0 Å². The van der Waals surface area contributed by atoms with Crippen LogP contribution in [-0.2, 0) is 0 Å². The fourth-order valence-corrected chi connectivity index (χ4v) is 1.86. The predicted molar refractivity (Wildman–Crippen MR) is 66.4 cm³/mol. The van der Waals surface area contributed by atoms with Gasteiger partial charge in [0.15, 0.2) is 0 Å². The highest BCUT2D eigenvalue weighted by molar-refractivity contribution is 5.52. The highest BCUT2D eigenvalue weighted by atomic mass is 14.9. The van der Waals surface area contributed by atoms with Gasteiger partial charge in [-0.3, -0.25) is 0 Å². The van der Waals surface area contributed by atoms with E-state index in [2.05, 4.69) is 50.4 Å². The van der Waals surface area contributed by atoms with Crippen molar-refractivity contribution < 1.29 is 0 Å². The van der Waals surface area contributed by atoms with Crippen molar-refractivity contribution in [3.05, 3.63) is 29.8 Å². The van der Waals surface area contributed by atoms with Gasteiger partial charge in [0.25, 0.3) is 0 Å². The summed E-state index contributed by atoms with van der Waals surface area (Å²) in [5.74, 6) is 0.598. The van der Waals surface area contributed by atoms with Crippen LogP contribution in [0.1, 0.15) is 45.1 Å². The summed E-state index contributed by atoms with van der Waals surface area (Å²) in [6.07, 6.45) is 2.76. The van der Waals surface area contributed by atoms with Gasteiger partial charge < -0.3 is 5.32 Å². The fourth-order valence-electron chi connectivity index (χ4n) is 1.86. The van der Waals surface area contributed by atoms with Gasteiger partial charge in [0.2, 0.25) is 0 Å². The summed E-state index contributed by atoms with van der Waals surface area (Å²) in [4.78, 5) is 0. The first-order valence-electron chi connectivity index (χ1n) is 5.93. The topological polar surface area (TPSA) is 12.0 Å². The molecule has 0 saturated heterocycles. The first kappa shape index (κ1) is 10.5. The summed E-state index contributed by atoms with van der Waals surface area (Å²) in [7, 11) is 0. The fraction of sp³-hybridized carbons (Fsp3) is 0.571. The molecule has 0 unspecified atom stereocenters. The van der Waals surface area contributed by atoms with Crippen molar-refractivity contribution in [1.82, 2.24) is 0 Å². The second-order valence-electron chi connectivity index (χ2n) is 5.41. The molecule has 1 N–H and O–H groups in total. The molecule has 0 heterocycles. The Labute approximate surface area is 92.9 Å². The summed E-state index contributed by atoms with van der Waals surface area (Å²) in [5, 5.41) is 3.60. The Morgan fingerprint density at radius 2 is 1.93 bits per heavy atom. The lowest BCUT2D eigenvalue weighted by Gasteiger charge is -2.16. The zero-order valence-corrected chi connectivity index (χ0v) is 10.0. The molecule has 15 heavy (non-hydrogen) atoms. The van der Waals surface area contributed by atoms with Crippen LogP contribution in [0.3, 0.4) is 0 Å². The van der Waals surface area contributed by atoms with Crippen molar-refractivity contribution >= 4 is 5.69 Å². The third-order valence-electron chi connectivity index (χ3n) is 3.39. The average Bonchev–Trinajstić information content (AvgIpc) is 2.95. The monoisotopic (exact) mass is 203 g/mol. The third-order valence-corrected chi connectivity index (χ3v) is 3.39. The number of para-hydroxylation sites is 1. The molecule has 1 aromatic rings. The van der Waals surface area contributed by atoms with Crippen LogP contribution >= 0.6 is 0 Å². The maximum absolute atomic E-state index is 3.60. The maximum atomic E-state index is 3.60. The second kappa shape index (κ2) is 3.88. The van der Waals surface area contributed by atoms with Crippen LogP contribution in [0.2, 0.25) is 0 Å². The summed E-state index contributed by atoms with van der Waals surface area (Å²) in [6, 6.07) is 8.66. The predicted octanol–water partition coefficient (Wildman–Crippen LogP) is 4.02. The number of anilines is 1. The molecule has 1 fully saturated rings. The Morgan fingerprint density at radius 1 is 1.27 bits per heavy atom. The molecule has 0 spiro atoms. The number of benzene rings is 1. The first-order valence-corrected chi connectivity index (χ1v) is 5.93. The smallest absolute Gasteiger partial charge is 0.0375 e. The van der Waals surface area contributed by atoms with Crippen LogP contribution in [0.15, 0.2) is 24.3 Å². The van der Waals surface area contributed by atoms with Crippen molar-refractivity contribution in [2.24, 2.45) is 5.41 Å². The molecular formula is C14H21N. The molecule has 2 rings (SSSR count). The minimum absolute atomic E-state index is 0.574. The number of hydrogen-bond donors (Lipinski definition) is 1. The van der Waals surface area contributed by atoms with Crippen LogP contribution in [0.5, 0.6) is 0 Å². The van der Waals surface area contributed by atoms with Crippen molar-refractivity contribution in [1.29, 1.82) is 0 Å². The summed E-state index contributed by atoms with van der Waals surface area (Å²) in [5.41, 5.74) is 3.33. The quantitative estimate of drug-likeness (QED) is 0.779. The zero-order chi connectivity index (χ0) is 10.9. The van der Waals surface area contributed by atoms with E-state index >= 15 is 0 Å². The molecular weight excluding hydrogens is 182 g/mol. The van der Waals surface area contributed by atoms with E-state index in [0.717, 1.165) is 6.54 Å². The molecule has 1 aliphatic rings. The Kier molecular flexibility index (Phi) is 2.72. The highest BCUT2D eigenvalue weighted by Gasteiger charge is 2.36. The number of hydrogen-bond acceptors (Lipinski definition) is 1. The molecule has 0 aromatic heterocycles. The van der Waals surface area contributed by atoms with Crippen molar-refractivity contribution in [2.45, 2.75) is 39.5 Å². The van der Waals surface area contributed by atoms with Gasteiger partial charge >= 0.3 is 0 Å². The molecule has 0 bridgehead atoms. The lowest BCUT2D eigenvalue weighted by atomic mass is 10.0. The molecule has 0 atom stereocenters. The highest BCUT2D eigenvalue weighted by Crippen LogP contribution is 2.45. The van der Waals surface area contributed by atoms with Gasteiger partial charge in [-0.25, -0.2) is 0 Å². The molecule has 1 aliphatic carbocycles. The van der Waals surface area contributed by atoms with E-state index in [9.17, 15) is 0 Å². The van der Waals surface area contributed by atoms with Crippen molar-refractivity contribution in [3.63, 3.8) is 0 Å². The minimum Gasteiger partial charge on any atom is -0.384 e. The minimum atomic E-state index is 0.574. The van der Waals surface area contributed by atoms with Crippen LogP contribution in [0, 0.1) is 5.41 Å². The molecule has 0 amide bonds. The van der Waals surface area contributed by atoms with Gasteiger partial charge in [-0.15, -0.1) is 0 Å². The molecule has 1 nitrogen and oxygen atoms in total. The number of nitrogens with one attached hydrogen (secondary N) is 1. The van der Waals surface area contributed by atoms with Crippen LogP contribution in [0.25, 0.3) is 0 Å².